The number of ether oxygens (including phenoxy) is 1. The van der Waals surface area contributed by atoms with E-state index in [0.29, 0.717) is 5.95 Å². The fourth-order valence-electron chi connectivity index (χ4n) is 4.17. The van der Waals surface area contributed by atoms with Crippen LogP contribution in [0.25, 0.3) is 16.7 Å². The highest BCUT2D eigenvalue weighted by Gasteiger charge is 2.15. The number of hydrogen-bond acceptors (Lipinski definition) is 7. The van der Waals surface area contributed by atoms with Gasteiger partial charge in [0.05, 0.1) is 30.5 Å². The number of anilines is 3. The first-order valence-electron chi connectivity index (χ1n) is 11.4. The Morgan fingerprint density at radius 1 is 0.970 bits per heavy atom. The highest BCUT2D eigenvalue weighted by molar-refractivity contribution is 5.90. The number of rotatable bonds is 7. The van der Waals surface area contributed by atoms with E-state index in [-0.39, 0.29) is 0 Å². The molecule has 0 spiro atoms. The van der Waals surface area contributed by atoms with E-state index in [1.54, 1.807) is 0 Å². The average molecular weight is 444 g/mol. The van der Waals surface area contributed by atoms with Crippen molar-refractivity contribution in [1.29, 1.82) is 0 Å². The van der Waals surface area contributed by atoms with Crippen LogP contribution in [0.5, 0.6) is 0 Å². The molecule has 8 heteroatoms. The summed E-state index contributed by atoms with van der Waals surface area (Å²) in [6.45, 7) is 9.38. The Hall–Kier alpha value is -3.49. The molecule has 2 aromatic carbocycles. The van der Waals surface area contributed by atoms with Gasteiger partial charge in [-0.15, -0.1) is 0 Å². The molecule has 0 unspecified atom stereocenters. The van der Waals surface area contributed by atoms with Gasteiger partial charge in [-0.25, -0.2) is 4.68 Å². The van der Waals surface area contributed by atoms with Crippen molar-refractivity contribution in [3.8, 4) is 5.69 Å². The van der Waals surface area contributed by atoms with Crippen molar-refractivity contribution in [2.75, 3.05) is 50.0 Å². The third-order valence-corrected chi connectivity index (χ3v) is 5.73. The molecule has 0 aliphatic carbocycles. The van der Waals surface area contributed by atoms with Gasteiger partial charge in [0, 0.05) is 31.9 Å². The van der Waals surface area contributed by atoms with E-state index >= 15 is 0 Å². The summed E-state index contributed by atoms with van der Waals surface area (Å²) in [6.07, 6.45) is 1.82. The lowest BCUT2D eigenvalue weighted by atomic mass is 10.1. The van der Waals surface area contributed by atoms with Crippen molar-refractivity contribution >= 4 is 28.5 Å². The predicted molar refractivity (Wildman–Crippen MR) is 132 cm³/mol. The molecule has 5 rings (SSSR count). The molecule has 0 amide bonds. The first kappa shape index (κ1) is 21.4. The van der Waals surface area contributed by atoms with Gasteiger partial charge in [-0.05, 0) is 49.2 Å². The van der Waals surface area contributed by atoms with E-state index in [4.69, 9.17) is 14.7 Å². The molecule has 2 N–H and O–H groups in total. The monoisotopic (exact) mass is 443 g/mol. The molecule has 8 nitrogen and oxygen atoms in total. The largest absolute Gasteiger partial charge is 0.379 e. The number of benzene rings is 2. The maximum absolute atomic E-state index is 5.44. The lowest BCUT2D eigenvalue weighted by Gasteiger charge is -2.26. The van der Waals surface area contributed by atoms with E-state index in [0.717, 1.165) is 67.6 Å². The Morgan fingerprint density at radius 3 is 2.48 bits per heavy atom. The summed E-state index contributed by atoms with van der Waals surface area (Å²) in [4.78, 5) is 12.0. The lowest BCUT2D eigenvalue weighted by molar-refractivity contribution is 0.0398. The van der Waals surface area contributed by atoms with Crippen molar-refractivity contribution in [3.05, 3.63) is 65.9 Å². The van der Waals surface area contributed by atoms with E-state index in [2.05, 4.69) is 52.7 Å². The molecule has 170 valence electrons. The van der Waals surface area contributed by atoms with Crippen LogP contribution in [0.4, 0.5) is 17.5 Å². The Bertz CT molecular complexity index is 1210. The van der Waals surface area contributed by atoms with Gasteiger partial charge < -0.3 is 15.4 Å². The number of aromatic nitrogens is 4. The van der Waals surface area contributed by atoms with Gasteiger partial charge in [-0.3, -0.25) is 4.90 Å². The third kappa shape index (κ3) is 4.97. The zero-order valence-corrected chi connectivity index (χ0v) is 19.1. The Labute approximate surface area is 193 Å². The first-order valence-corrected chi connectivity index (χ1v) is 11.4. The summed E-state index contributed by atoms with van der Waals surface area (Å²) >= 11 is 0. The number of aryl methyl sites for hydroxylation is 2. The van der Waals surface area contributed by atoms with Gasteiger partial charge in [0.15, 0.2) is 5.65 Å². The summed E-state index contributed by atoms with van der Waals surface area (Å²) in [6, 6.07) is 16.4. The van der Waals surface area contributed by atoms with Crippen LogP contribution in [0.2, 0.25) is 0 Å². The van der Waals surface area contributed by atoms with E-state index in [9.17, 15) is 0 Å². The molecule has 1 aliphatic rings. The molecule has 0 atom stereocenters. The second-order valence-electron chi connectivity index (χ2n) is 8.41. The van der Waals surface area contributed by atoms with Crippen LogP contribution < -0.4 is 10.6 Å². The van der Waals surface area contributed by atoms with Crippen molar-refractivity contribution in [2.45, 2.75) is 13.8 Å². The van der Waals surface area contributed by atoms with Crippen molar-refractivity contribution in [1.82, 2.24) is 24.6 Å². The van der Waals surface area contributed by atoms with E-state index in [1.165, 1.54) is 11.1 Å². The van der Waals surface area contributed by atoms with Gasteiger partial charge >= 0.3 is 0 Å². The number of fused-ring (bicyclic) bond motifs is 1. The Morgan fingerprint density at radius 2 is 1.73 bits per heavy atom. The SMILES string of the molecule is Cc1cc(C)cc(Nc2nc(NCCN3CCOCC3)nc3c2cnn3-c2ccccc2)c1. The lowest BCUT2D eigenvalue weighted by Crippen LogP contribution is -2.39. The summed E-state index contributed by atoms with van der Waals surface area (Å²) in [5, 5.41) is 12.4. The van der Waals surface area contributed by atoms with Gasteiger partial charge in [-0.2, -0.15) is 15.1 Å². The molecule has 1 fully saturated rings. The molecular weight excluding hydrogens is 414 g/mol. The number of hydrogen-bond donors (Lipinski definition) is 2. The molecule has 1 aliphatic heterocycles. The van der Waals surface area contributed by atoms with Crippen molar-refractivity contribution in [2.24, 2.45) is 0 Å². The molecule has 4 aromatic rings. The zero-order chi connectivity index (χ0) is 22.6. The standard InChI is InChI=1S/C25H29N7O/c1-18-14-19(2)16-20(15-18)28-23-22-17-27-32(21-6-4-3-5-7-21)24(22)30-25(29-23)26-8-9-31-10-12-33-13-11-31/h3-7,14-17H,8-13H2,1-2H3,(H2,26,28,29,30). The zero-order valence-electron chi connectivity index (χ0n) is 19.1. The molecule has 2 aromatic heterocycles. The second-order valence-corrected chi connectivity index (χ2v) is 8.41. The van der Waals surface area contributed by atoms with Crippen LogP contribution in [0.3, 0.4) is 0 Å². The molecule has 3 heterocycles. The third-order valence-electron chi connectivity index (χ3n) is 5.73. The van der Waals surface area contributed by atoms with Gasteiger partial charge in [0.2, 0.25) is 5.95 Å². The number of morpholine rings is 1. The van der Waals surface area contributed by atoms with Crippen LogP contribution in [0.1, 0.15) is 11.1 Å². The molecule has 0 radical (unpaired) electrons. The van der Waals surface area contributed by atoms with E-state index in [1.807, 2.05) is 41.2 Å². The van der Waals surface area contributed by atoms with E-state index < -0.39 is 0 Å². The van der Waals surface area contributed by atoms with Crippen LogP contribution >= 0.6 is 0 Å². The fraction of sp³-hybridized carbons (Fsp3) is 0.320. The first-order chi connectivity index (χ1) is 16.2. The predicted octanol–water partition coefficient (Wildman–Crippen LogP) is 3.92. The number of nitrogens with one attached hydrogen (secondary N) is 2. The highest BCUT2D eigenvalue weighted by atomic mass is 16.5. The van der Waals surface area contributed by atoms with Crippen molar-refractivity contribution < 1.29 is 4.74 Å². The topological polar surface area (TPSA) is 80.1 Å². The summed E-state index contributed by atoms with van der Waals surface area (Å²) in [5.41, 5.74) is 5.12. The maximum Gasteiger partial charge on any atom is 0.226 e. The normalized spacial score (nSPS) is 14.5. The average Bonchev–Trinajstić information content (AvgIpc) is 3.24. The smallest absolute Gasteiger partial charge is 0.226 e. The maximum atomic E-state index is 5.44. The van der Waals surface area contributed by atoms with Gasteiger partial charge in [-0.1, -0.05) is 24.3 Å². The molecule has 33 heavy (non-hydrogen) atoms. The minimum absolute atomic E-state index is 0.584. The van der Waals surface area contributed by atoms with Crippen LogP contribution in [0, 0.1) is 13.8 Å². The second kappa shape index (κ2) is 9.56. The van der Waals surface area contributed by atoms with Gasteiger partial charge in [0.25, 0.3) is 0 Å². The Kier molecular flexibility index (Phi) is 6.19. The number of para-hydroxylation sites is 1. The Balaban J connectivity index is 1.47. The minimum Gasteiger partial charge on any atom is -0.379 e. The van der Waals surface area contributed by atoms with Crippen LogP contribution in [-0.4, -0.2) is 64.0 Å². The quantitative estimate of drug-likeness (QED) is 0.448. The molecule has 0 saturated carbocycles. The van der Waals surface area contributed by atoms with Crippen LogP contribution in [0.15, 0.2) is 54.7 Å². The van der Waals surface area contributed by atoms with Crippen LogP contribution in [-0.2, 0) is 4.74 Å². The van der Waals surface area contributed by atoms with Crippen molar-refractivity contribution in [3.63, 3.8) is 0 Å². The minimum atomic E-state index is 0.584. The number of nitrogens with zero attached hydrogens (tertiary/aromatic N) is 5. The molecule has 0 bridgehead atoms. The summed E-state index contributed by atoms with van der Waals surface area (Å²) in [7, 11) is 0. The fourth-order valence-corrected chi connectivity index (χ4v) is 4.17. The summed E-state index contributed by atoms with van der Waals surface area (Å²) < 4.78 is 7.30. The van der Waals surface area contributed by atoms with Gasteiger partial charge in [0.1, 0.15) is 5.82 Å². The summed E-state index contributed by atoms with van der Waals surface area (Å²) in [5.74, 6) is 1.32. The highest BCUT2D eigenvalue weighted by Crippen LogP contribution is 2.27. The molecular formula is C25H29N7O. The molecule has 1 saturated heterocycles.